The molecule has 1 heterocycles. The molecule has 1 amide bonds. The molecule has 2 aromatic rings. The Balaban J connectivity index is 2.20. The molecule has 8 heteroatoms. The van der Waals surface area contributed by atoms with E-state index in [0.717, 1.165) is 18.2 Å². The Hall–Kier alpha value is -2.51. The van der Waals surface area contributed by atoms with Crippen LogP contribution in [0.2, 0.25) is 0 Å². The molecule has 5 nitrogen and oxygen atoms in total. The number of carbonyl (C=O) groups excluding carboxylic acids is 1. The van der Waals surface area contributed by atoms with E-state index in [-0.39, 0.29) is 16.9 Å². The molecule has 0 aliphatic heterocycles. The summed E-state index contributed by atoms with van der Waals surface area (Å²) in [5, 5.41) is 6.26. The third-order valence-corrected chi connectivity index (χ3v) is 2.59. The molecule has 106 valence electrons. The lowest BCUT2D eigenvalue weighted by Gasteiger charge is -2.11. The number of hydrogen-bond acceptors (Lipinski definition) is 3. The summed E-state index contributed by atoms with van der Waals surface area (Å²) >= 11 is 0. The molecule has 0 radical (unpaired) electrons. The van der Waals surface area contributed by atoms with E-state index in [2.05, 4.69) is 10.4 Å². The average molecular weight is 284 g/mol. The highest BCUT2D eigenvalue weighted by Gasteiger charge is 2.30. The number of aromatic nitrogens is 2. The summed E-state index contributed by atoms with van der Waals surface area (Å²) < 4.78 is 38.9. The summed E-state index contributed by atoms with van der Waals surface area (Å²) in [5.41, 5.74) is 4.89. The van der Waals surface area contributed by atoms with E-state index in [0.29, 0.717) is 0 Å². The highest BCUT2D eigenvalue weighted by molar-refractivity contribution is 6.05. The van der Waals surface area contributed by atoms with Crippen LogP contribution in [0.4, 0.5) is 24.5 Å². The van der Waals surface area contributed by atoms with Crippen molar-refractivity contribution in [3.05, 3.63) is 41.7 Å². The van der Waals surface area contributed by atoms with Gasteiger partial charge in [-0.1, -0.05) is 0 Å². The maximum Gasteiger partial charge on any atom is 0.416 e. The standard InChI is InChI=1S/C12H11F3N4O/c1-19-6-7(5-17-19)11(20)18-10-3-2-8(4-9(10)16)12(13,14)15/h2-6H,16H2,1H3,(H,18,20). The van der Waals surface area contributed by atoms with Crippen molar-refractivity contribution in [2.24, 2.45) is 7.05 Å². The summed E-state index contributed by atoms with van der Waals surface area (Å²) in [6.07, 6.45) is -1.65. The summed E-state index contributed by atoms with van der Waals surface area (Å²) in [4.78, 5) is 11.8. The van der Waals surface area contributed by atoms with Gasteiger partial charge in [0.2, 0.25) is 0 Å². The molecule has 0 bridgehead atoms. The molecule has 2 rings (SSSR count). The van der Waals surface area contributed by atoms with Crippen LogP contribution >= 0.6 is 0 Å². The number of amides is 1. The maximum atomic E-state index is 12.5. The Morgan fingerprint density at radius 1 is 1.40 bits per heavy atom. The molecular weight excluding hydrogens is 273 g/mol. The van der Waals surface area contributed by atoms with Gasteiger partial charge in [0.05, 0.1) is 28.7 Å². The molecule has 0 unspecified atom stereocenters. The molecule has 1 aromatic heterocycles. The largest absolute Gasteiger partial charge is 0.416 e. The number of alkyl halides is 3. The van der Waals surface area contributed by atoms with Gasteiger partial charge in [0.15, 0.2) is 0 Å². The first kappa shape index (κ1) is 13.9. The van der Waals surface area contributed by atoms with E-state index < -0.39 is 17.6 Å². The Kier molecular flexibility index (Phi) is 3.39. The predicted octanol–water partition coefficient (Wildman–Crippen LogP) is 2.27. The molecule has 0 spiro atoms. The predicted molar refractivity (Wildman–Crippen MR) is 67.0 cm³/mol. The number of benzene rings is 1. The smallest absolute Gasteiger partial charge is 0.397 e. The number of aryl methyl sites for hydroxylation is 1. The molecule has 1 aromatic carbocycles. The van der Waals surface area contributed by atoms with Crippen molar-refractivity contribution in [2.75, 3.05) is 11.1 Å². The zero-order valence-electron chi connectivity index (χ0n) is 10.4. The Morgan fingerprint density at radius 3 is 2.60 bits per heavy atom. The summed E-state index contributed by atoms with van der Waals surface area (Å²) in [6, 6.07) is 2.75. The van der Waals surface area contributed by atoms with Crippen molar-refractivity contribution < 1.29 is 18.0 Å². The zero-order chi connectivity index (χ0) is 14.9. The summed E-state index contributed by atoms with van der Waals surface area (Å²) in [5.74, 6) is -0.496. The van der Waals surface area contributed by atoms with Gasteiger partial charge >= 0.3 is 6.18 Å². The minimum Gasteiger partial charge on any atom is -0.397 e. The van der Waals surface area contributed by atoms with Gasteiger partial charge in [0.25, 0.3) is 5.91 Å². The van der Waals surface area contributed by atoms with E-state index in [1.54, 1.807) is 7.05 Å². The minimum atomic E-state index is -4.47. The second kappa shape index (κ2) is 4.87. The van der Waals surface area contributed by atoms with Gasteiger partial charge in [-0.15, -0.1) is 0 Å². The summed E-state index contributed by atoms with van der Waals surface area (Å²) in [6.45, 7) is 0. The van der Waals surface area contributed by atoms with Gasteiger partial charge < -0.3 is 11.1 Å². The van der Waals surface area contributed by atoms with Crippen LogP contribution in [0.25, 0.3) is 0 Å². The third-order valence-electron chi connectivity index (χ3n) is 2.59. The molecular formula is C12H11F3N4O. The van der Waals surface area contributed by atoms with Crippen molar-refractivity contribution in [3.63, 3.8) is 0 Å². The van der Waals surface area contributed by atoms with Crippen molar-refractivity contribution in [1.82, 2.24) is 9.78 Å². The van der Waals surface area contributed by atoms with Crippen LogP contribution in [-0.4, -0.2) is 15.7 Å². The first-order valence-corrected chi connectivity index (χ1v) is 5.54. The molecule has 0 aliphatic rings. The lowest BCUT2D eigenvalue weighted by Crippen LogP contribution is -2.13. The van der Waals surface area contributed by atoms with E-state index >= 15 is 0 Å². The summed E-state index contributed by atoms with van der Waals surface area (Å²) in [7, 11) is 1.64. The second-order valence-electron chi connectivity index (χ2n) is 4.16. The number of rotatable bonds is 2. The van der Waals surface area contributed by atoms with Crippen molar-refractivity contribution in [1.29, 1.82) is 0 Å². The van der Waals surface area contributed by atoms with Crippen LogP contribution < -0.4 is 11.1 Å². The molecule has 20 heavy (non-hydrogen) atoms. The monoisotopic (exact) mass is 284 g/mol. The maximum absolute atomic E-state index is 12.5. The van der Waals surface area contributed by atoms with Gasteiger partial charge in [0.1, 0.15) is 0 Å². The molecule has 0 saturated carbocycles. The molecule has 0 atom stereocenters. The Morgan fingerprint density at radius 2 is 2.10 bits per heavy atom. The Labute approximate surface area is 112 Å². The third kappa shape index (κ3) is 2.90. The number of nitrogens with two attached hydrogens (primary N) is 1. The van der Waals surface area contributed by atoms with Crippen molar-refractivity contribution >= 4 is 17.3 Å². The van der Waals surface area contributed by atoms with Crippen LogP contribution in [-0.2, 0) is 13.2 Å². The molecule has 0 fully saturated rings. The quantitative estimate of drug-likeness (QED) is 0.831. The van der Waals surface area contributed by atoms with Crippen molar-refractivity contribution in [3.8, 4) is 0 Å². The first-order chi connectivity index (χ1) is 9.27. The van der Waals surface area contributed by atoms with Crippen LogP contribution in [0.3, 0.4) is 0 Å². The number of hydrogen-bond donors (Lipinski definition) is 2. The average Bonchev–Trinajstić information content (AvgIpc) is 2.77. The number of carbonyl (C=O) groups is 1. The normalized spacial score (nSPS) is 11.4. The van der Waals surface area contributed by atoms with Gasteiger partial charge in [0, 0.05) is 13.2 Å². The fraction of sp³-hybridized carbons (Fsp3) is 0.167. The van der Waals surface area contributed by atoms with Crippen LogP contribution in [0.1, 0.15) is 15.9 Å². The lowest BCUT2D eigenvalue weighted by atomic mass is 10.1. The number of anilines is 2. The van der Waals surface area contributed by atoms with Crippen molar-refractivity contribution in [2.45, 2.75) is 6.18 Å². The molecule has 3 N–H and O–H groups in total. The minimum absolute atomic E-state index is 0.117. The fourth-order valence-corrected chi connectivity index (χ4v) is 1.59. The van der Waals surface area contributed by atoms with Gasteiger partial charge in [-0.05, 0) is 18.2 Å². The highest BCUT2D eigenvalue weighted by atomic mass is 19.4. The fourth-order valence-electron chi connectivity index (χ4n) is 1.59. The van der Waals surface area contributed by atoms with E-state index in [1.165, 1.54) is 17.1 Å². The second-order valence-corrected chi connectivity index (χ2v) is 4.16. The van der Waals surface area contributed by atoms with Crippen LogP contribution in [0.5, 0.6) is 0 Å². The highest BCUT2D eigenvalue weighted by Crippen LogP contribution is 2.32. The number of halogens is 3. The molecule has 0 aliphatic carbocycles. The van der Waals surface area contributed by atoms with E-state index in [9.17, 15) is 18.0 Å². The first-order valence-electron chi connectivity index (χ1n) is 5.54. The van der Waals surface area contributed by atoms with Crippen LogP contribution in [0.15, 0.2) is 30.6 Å². The molecule has 0 saturated heterocycles. The van der Waals surface area contributed by atoms with Gasteiger partial charge in [-0.25, -0.2) is 0 Å². The van der Waals surface area contributed by atoms with E-state index in [4.69, 9.17) is 5.73 Å². The topological polar surface area (TPSA) is 72.9 Å². The SMILES string of the molecule is Cn1cc(C(=O)Nc2ccc(C(F)(F)F)cc2N)cn1. The number of nitrogen functional groups attached to an aromatic ring is 1. The Bertz CT molecular complexity index is 648. The lowest BCUT2D eigenvalue weighted by molar-refractivity contribution is -0.137. The number of nitrogens with zero attached hydrogens (tertiary/aromatic N) is 2. The zero-order valence-corrected chi connectivity index (χ0v) is 10.4. The van der Waals surface area contributed by atoms with Gasteiger partial charge in [-0.2, -0.15) is 18.3 Å². The number of nitrogens with one attached hydrogen (secondary N) is 1. The van der Waals surface area contributed by atoms with E-state index in [1.807, 2.05) is 0 Å². The van der Waals surface area contributed by atoms with Crippen LogP contribution in [0, 0.1) is 0 Å². The van der Waals surface area contributed by atoms with Gasteiger partial charge in [-0.3, -0.25) is 9.48 Å².